The molecule has 0 bridgehead atoms. The summed E-state index contributed by atoms with van der Waals surface area (Å²) in [4.78, 5) is 15.1. The van der Waals surface area contributed by atoms with Gasteiger partial charge in [0.05, 0.1) is 5.71 Å². The van der Waals surface area contributed by atoms with Crippen molar-refractivity contribution in [2.24, 2.45) is 17.6 Å². The fraction of sp³-hybridized carbons (Fsp3) is 0.462. The van der Waals surface area contributed by atoms with Gasteiger partial charge in [-0.25, -0.2) is 0 Å². The van der Waals surface area contributed by atoms with Gasteiger partial charge in [0.1, 0.15) is 11.4 Å². The van der Waals surface area contributed by atoms with Crippen LogP contribution in [0.2, 0.25) is 0 Å². The molecule has 1 heterocycles. The minimum Gasteiger partial charge on any atom is -0.506 e. The molecule has 96 valence electrons. The lowest BCUT2D eigenvalue weighted by Gasteiger charge is -2.26. The van der Waals surface area contributed by atoms with E-state index in [0.29, 0.717) is 11.4 Å². The lowest BCUT2D eigenvalue weighted by Crippen LogP contribution is -2.30. The molecule has 1 amide bonds. The molecule has 0 aromatic carbocycles. The van der Waals surface area contributed by atoms with E-state index in [1.165, 1.54) is 6.07 Å². The van der Waals surface area contributed by atoms with Gasteiger partial charge in [-0.1, -0.05) is 0 Å². The number of aromatic nitrogens is 1. The number of nitrogens with zero attached hydrogens (tertiary/aromatic N) is 1. The molecule has 0 atom stereocenters. The molecule has 0 unspecified atom stereocenters. The molecule has 5 heteroatoms. The highest BCUT2D eigenvalue weighted by atomic mass is 16.3. The molecule has 0 spiro atoms. The Hall–Kier alpha value is -1.91. The van der Waals surface area contributed by atoms with Crippen molar-refractivity contribution >= 4 is 11.6 Å². The van der Waals surface area contributed by atoms with E-state index in [0.717, 1.165) is 25.7 Å². The van der Waals surface area contributed by atoms with E-state index < -0.39 is 0 Å². The molecule has 1 aromatic rings. The number of carbonyl (C=O) groups is 1. The van der Waals surface area contributed by atoms with Crippen molar-refractivity contribution in [1.29, 1.82) is 5.41 Å². The van der Waals surface area contributed by atoms with Gasteiger partial charge in [0.2, 0.25) is 5.91 Å². The fourth-order valence-corrected chi connectivity index (χ4v) is 2.46. The third-order valence-electron chi connectivity index (χ3n) is 3.58. The predicted octanol–water partition coefficient (Wildman–Crippen LogP) is 1.45. The first-order valence-electron chi connectivity index (χ1n) is 6.11. The maximum Gasteiger partial charge on any atom is 0.220 e. The zero-order chi connectivity index (χ0) is 13.1. The fourth-order valence-electron chi connectivity index (χ4n) is 2.46. The van der Waals surface area contributed by atoms with Crippen LogP contribution in [0, 0.1) is 17.2 Å². The van der Waals surface area contributed by atoms with Gasteiger partial charge in [0, 0.05) is 18.0 Å². The molecule has 5 nitrogen and oxygen atoms in total. The summed E-state index contributed by atoms with van der Waals surface area (Å²) < 4.78 is 0. The topological polar surface area (TPSA) is 100 Å². The van der Waals surface area contributed by atoms with Crippen LogP contribution in [-0.2, 0) is 4.79 Å². The summed E-state index contributed by atoms with van der Waals surface area (Å²) in [5.74, 6) is -0.215. The Balaban J connectivity index is 2.04. The first-order chi connectivity index (χ1) is 8.59. The second-order valence-electron chi connectivity index (χ2n) is 4.74. The molecule has 4 N–H and O–H groups in total. The van der Waals surface area contributed by atoms with E-state index in [9.17, 15) is 9.90 Å². The molecular formula is C13H17N3O2. The third kappa shape index (κ3) is 2.50. The van der Waals surface area contributed by atoms with Crippen molar-refractivity contribution in [3.05, 3.63) is 24.0 Å². The third-order valence-corrected chi connectivity index (χ3v) is 3.58. The second kappa shape index (κ2) is 5.16. The average Bonchev–Trinajstić information content (AvgIpc) is 2.38. The van der Waals surface area contributed by atoms with E-state index in [4.69, 9.17) is 11.1 Å². The highest BCUT2D eigenvalue weighted by Crippen LogP contribution is 2.31. The van der Waals surface area contributed by atoms with Gasteiger partial charge in [0.25, 0.3) is 0 Å². The zero-order valence-corrected chi connectivity index (χ0v) is 10.1. The second-order valence-corrected chi connectivity index (χ2v) is 4.74. The Morgan fingerprint density at radius 3 is 2.50 bits per heavy atom. The summed E-state index contributed by atoms with van der Waals surface area (Å²) in [5.41, 5.74) is 5.98. The van der Waals surface area contributed by atoms with Gasteiger partial charge in [-0.15, -0.1) is 0 Å². The van der Waals surface area contributed by atoms with Crippen LogP contribution >= 0.6 is 0 Å². The zero-order valence-electron chi connectivity index (χ0n) is 10.1. The summed E-state index contributed by atoms with van der Waals surface area (Å²) in [6.45, 7) is 0. The summed E-state index contributed by atoms with van der Waals surface area (Å²) >= 11 is 0. The van der Waals surface area contributed by atoms with Crippen LogP contribution in [-0.4, -0.2) is 21.7 Å². The Kier molecular flexibility index (Phi) is 3.60. The number of nitrogens with one attached hydrogen (secondary N) is 1. The van der Waals surface area contributed by atoms with Gasteiger partial charge in [-0.05, 0) is 37.8 Å². The van der Waals surface area contributed by atoms with Gasteiger partial charge in [0.15, 0.2) is 0 Å². The van der Waals surface area contributed by atoms with Crippen LogP contribution in [0.3, 0.4) is 0 Å². The van der Waals surface area contributed by atoms with Crippen LogP contribution < -0.4 is 5.73 Å². The molecule has 2 rings (SSSR count). The standard InChI is InChI=1S/C13H17N3O2/c14-11(12-10(17)2-1-7-16-12)8-3-5-9(6-4-8)13(15)18/h1-2,7-9,14,17H,3-6H2,(H2,15,18). The van der Waals surface area contributed by atoms with E-state index in [-0.39, 0.29) is 23.5 Å². The highest BCUT2D eigenvalue weighted by molar-refractivity contribution is 6.00. The number of pyridine rings is 1. The largest absolute Gasteiger partial charge is 0.506 e. The van der Waals surface area contributed by atoms with Crippen LogP contribution in [0.5, 0.6) is 5.75 Å². The van der Waals surface area contributed by atoms with Gasteiger partial charge < -0.3 is 16.2 Å². The molecule has 0 saturated heterocycles. The maximum absolute atomic E-state index is 11.1. The van der Waals surface area contributed by atoms with Gasteiger partial charge in [-0.2, -0.15) is 0 Å². The summed E-state index contributed by atoms with van der Waals surface area (Å²) in [7, 11) is 0. The van der Waals surface area contributed by atoms with E-state index >= 15 is 0 Å². The number of hydrogen-bond donors (Lipinski definition) is 3. The number of carbonyl (C=O) groups excluding carboxylic acids is 1. The summed E-state index contributed by atoms with van der Waals surface area (Å²) in [5, 5.41) is 17.8. The smallest absolute Gasteiger partial charge is 0.220 e. The SMILES string of the molecule is N=C(c1ncccc1O)C1CCC(C(N)=O)CC1. The first kappa shape index (κ1) is 12.5. The van der Waals surface area contributed by atoms with Crippen LogP contribution in [0.4, 0.5) is 0 Å². The molecule has 1 fully saturated rings. The molecule has 1 aliphatic rings. The lowest BCUT2D eigenvalue weighted by atomic mass is 9.78. The molecule has 0 aliphatic heterocycles. The molecular weight excluding hydrogens is 230 g/mol. The van der Waals surface area contributed by atoms with E-state index in [1.54, 1.807) is 12.3 Å². The number of amides is 1. The van der Waals surface area contributed by atoms with E-state index in [1.807, 2.05) is 0 Å². The molecule has 1 aromatic heterocycles. The predicted molar refractivity (Wildman–Crippen MR) is 67.4 cm³/mol. The van der Waals surface area contributed by atoms with Crippen molar-refractivity contribution in [3.8, 4) is 5.75 Å². The monoisotopic (exact) mass is 247 g/mol. The van der Waals surface area contributed by atoms with Crippen LogP contribution in [0.25, 0.3) is 0 Å². The minimum absolute atomic E-state index is 0.0412. The van der Waals surface area contributed by atoms with Crippen LogP contribution in [0.1, 0.15) is 31.4 Å². The number of hydrogen-bond acceptors (Lipinski definition) is 4. The Morgan fingerprint density at radius 1 is 1.33 bits per heavy atom. The van der Waals surface area contributed by atoms with Gasteiger partial charge >= 0.3 is 0 Å². The van der Waals surface area contributed by atoms with Gasteiger partial charge in [-0.3, -0.25) is 9.78 Å². The summed E-state index contributed by atoms with van der Waals surface area (Å²) in [6.07, 6.45) is 4.51. The number of nitrogens with two attached hydrogens (primary N) is 1. The quantitative estimate of drug-likeness (QED) is 0.704. The number of primary amides is 1. The number of aromatic hydroxyl groups is 1. The average molecular weight is 247 g/mol. The van der Waals surface area contributed by atoms with Crippen molar-refractivity contribution in [2.75, 3.05) is 0 Å². The highest BCUT2D eigenvalue weighted by Gasteiger charge is 2.28. The van der Waals surface area contributed by atoms with Crippen molar-refractivity contribution < 1.29 is 9.90 Å². The Morgan fingerprint density at radius 2 is 1.94 bits per heavy atom. The molecule has 18 heavy (non-hydrogen) atoms. The Bertz CT molecular complexity index is 465. The maximum atomic E-state index is 11.1. The summed E-state index contributed by atoms with van der Waals surface area (Å²) in [6, 6.07) is 3.17. The van der Waals surface area contributed by atoms with E-state index in [2.05, 4.69) is 4.98 Å². The van der Waals surface area contributed by atoms with Crippen molar-refractivity contribution in [2.45, 2.75) is 25.7 Å². The lowest BCUT2D eigenvalue weighted by molar-refractivity contribution is -0.122. The van der Waals surface area contributed by atoms with Crippen LogP contribution in [0.15, 0.2) is 18.3 Å². The molecule has 1 aliphatic carbocycles. The van der Waals surface area contributed by atoms with Crippen molar-refractivity contribution in [3.63, 3.8) is 0 Å². The minimum atomic E-state index is -0.249. The van der Waals surface area contributed by atoms with Crippen molar-refractivity contribution in [1.82, 2.24) is 4.98 Å². The molecule has 1 saturated carbocycles. The first-order valence-corrected chi connectivity index (χ1v) is 6.11. The normalized spacial score (nSPS) is 23.6. The number of rotatable bonds is 3. The molecule has 0 radical (unpaired) electrons. The Labute approximate surface area is 106 Å².